The summed E-state index contributed by atoms with van der Waals surface area (Å²) in [6, 6.07) is 10.1. The summed E-state index contributed by atoms with van der Waals surface area (Å²) in [6.07, 6.45) is -1.21. The summed E-state index contributed by atoms with van der Waals surface area (Å²) in [7, 11) is 0. The summed E-state index contributed by atoms with van der Waals surface area (Å²) >= 11 is 2.15. The first-order chi connectivity index (χ1) is 12.9. The van der Waals surface area contributed by atoms with E-state index in [1.165, 1.54) is 12.1 Å². The second-order valence-corrected chi connectivity index (χ2v) is 7.51. The average Bonchev–Trinajstić information content (AvgIpc) is 2.91. The second-order valence-electron chi connectivity index (χ2n) is 6.26. The second kappa shape index (κ2) is 6.48. The van der Waals surface area contributed by atoms with Gasteiger partial charge in [0.05, 0.1) is 0 Å². The molecule has 9 heteroatoms. The predicted octanol–water partition coefficient (Wildman–Crippen LogP) is 2.25. The number of halogens is 2. The lowest BCUT2D eigenvalue weighted by atomic mass is 9.81. The lowest BCUT2D eigenvalue weighted by Gasteiger charge is -2.36. The van der Waals surface area contributed by atoms with Crippen molar-refractivity contribution in [3.8, 4) is 5.75 Å². The van der Waals surface area contributed by atoms with Gasteiger partial charge in [-0.1, -0.05) is 0 Å². The van der Waals surface area contributed by atoms with E-state index in [2.05, 4.69) is 38.5 Å². The standard InChI is InChI=1S/C18H13FIN3O4/c19-9-1-6-13-12(7-9)18(16(25)22-17(26)23-18)8-14(27-13)15(24)21-11-4-2-10(20)3-5-11/h1-7,14H,8H2,(H,21,24)(H2,22,23,25,26). The van der Waals surface area contributed by atoms with E-state index in [9.17, 15) is 18.8 Å². The van der Waals surface area contributed by atoms with Crippen LogP contribution in [0.4, 0.5) is 14.9 Å². The fraction of sp³-hybridized carbons (Fsp3) is 0.167. The topological polar surface area (TPSA) is 96.5 Å². The molecule has 2 aliphatic rings. The van der Waals surface area contributed by atoms with Crippen LogP contribution < -0.4 is 20.7 Å². The molecule has 0 aliphatic carbocycles. The number of ether oxygens (including phenoxy) is 1. The third-order valence-corrected chi connectivity index (χ3v) is 5.23. The Kier molecular flexibility index (Phi) is 4.25. The van der Waals surface area contributed by atoms with Crippen LogP contribution in [0.1, 0.15) is 12.0 Å². The molecule has 1 saturated heterocycles. The van der Waals surface area contributed by atoms with Crippen LogP contribution in [-0.4, -0.2) is 23.9 Å². The normalized spacial score (nSPS) is 23.3. The van der Waals surface area contributed by atoms with Crippen LogP contribution in [0, 0.1) is 9.39 Å². The van der Waals surface area contributed by atoms with Crippen molar-refractivity contribution in [1.82, 2.24) is 10.6 Å². The van der Waals surface area contributed by atoms with Crippen LogP contribution in [-0.2, 0) is 15.1 Å². The molecule has 0 radical (unpaired) electrons. The SMILES string of the molecule is O=C1NC(=O)C2(CC(C(=O)Nc3ccc(I)cc3)Oc3ccc(F)cc32)N1. The van der Waals surface area contributed by atoms with Gasteiger partial charge in [-0.05, 0) is 65.1 Å². The first-order valence-electron chi connectivity index (χ1n) is 8.04. The highest BCUT2D eigenvalue weighted by Gasteiger charge is 2.54. The lowest BCUT2D eigenvalue weighted by molar-refractivity contribution is -0.129. The molecule has 7 nitrogen and oxygen atoms in total. The number of anilines is 1. The van der Waals surface area contributed by atoms with Crippen molar-refractivity contribution in [2.45, 2.75) is 18.1 Å². The van der Waals surface area contributed by atoms with Crippen LogP contribution >= 0.6 is 22.6 Å². The zero-order chi connectivity index (χ0) is 19.2. The van der Waals surface area contributed by atoms with Gasteiger partial charge in [0.25, 0.3) is 11.8 Å². The first kappa shape index (κ1) is 17.7. The van der Waals surface area contributed by atoms with Gasteiger partial charge in [-0.25, -0.2) is 9.18 Å². The number of fused-ring (bicyclic) bond motifs is 2. The highest BCUT2D eigenvalue weighted by molar-refractivity contribution is 14.1. The molecule has 0 bridgehead atoms. The molecule has 2 aromatic rings. The van der Waals surface area contributed by atoms with Crippen LogP contribution in [0.3, 0.4) is 0 Å². The van der Waals surface area contributed by atoms with Gasteiger partial charge in [0.1, 0.15) is 11.6 Å². The van der Waals surface area contributed by atoms with Gasteiger partial charge in [-0.3, -0.25) is 14.9 Å². The number of amides is 4. The van der Waals surface area contributed by atoms with Crippen molar-refractivity contribution >= 4 is 46.1 Å². The van der Waals surface area contributed by atoms with E-state index in [1.54, 1.807) is 12.1 Å². The summed E-state index contributed by atoms with van der Waals surface area (Å²) in [5.41, 5.74) is -0.798. The third kappa shape index (κ3) is 3.11. The maximum atomic E-state index is 13.8. The van der Waals surface area contributed by atoms with E-state index in [1.807, 2.05) is 12.1 Å². The molecule has 4 amide bonds. The zero-order valence-corrected chi connectivity index (χ0v) is 15.9. The first-order valence-corrected chi connectivity index (χ1v) is 9.12. The van der Waals surface area contributed by atoms with Crippen LogP contribution in [0.25, 0.3) is 0 Å². The Morgan fingerprint density at radius 3 is 2.63 bits per heavy atom. The Balaban J connectivity index is 1.67. The van der Waals surface area contributed by atoms with Crippen molar-refractivity contribution < 1.29 is 23.5 Å². The van der Waals surface area contributed by atoms with Crippen molar-refractivity contribution in [2.75, 3.05) is 5.32 Å². The number of carbonyl (C=O) groups excluding carboxylic acids is 3. The Bertz CT molecular complexity index is 966. The van der Waals surface area contributed by atoms with Crippen LogP contribution in [0.2, 0.25) is 0 Å². The van der Waals surface area contributed by atoms with Gasteiger partial charge in [-0.15, -0.1) is 0 Å². The minimum Gasteiger partial charge on any atom is -0.480 e. The molecule has 2 heterocycles. The quantitative estimate of drug-likeness (QED) is 0.453. The molecule has 4 rings (SSSR count). The molecule has 1 fully saturated rings. The molecular weight excluding hydrogens is 468 g/mol. The number of imide groups is 1. The maximum Gasteiger partial charge on any atom is 0.322 e. The van der Waals surface area contributed by atoms with E-state index < -0.39 is 35.3 Å². The van der Waals surface area contributed by atoms with E-state index in [-0.39, 0.29) is 17.7 Å². The smallest absolute Gasteiger partial charge is 0.322 e. The Labute approximate surface area is 166 Å². The van der Waals surface area contributed by atoms with Gasteiger partial charge in [0.15, 0.2) is 11.6 Å². The lowest BCUT2D eigenvalue weighted by Crippen LogP contribution is -2.53. The summed E-state index contributed by atoms with van der Waals surface area (Å²) in [5.74, 6) is -1.52. The van der Waals surface area contributed by atoms with Gasteiger partial charge in [0.2, 0.25) is 0 Å². The third-order valence-electron chi connectivity index (χ3n) is 4.51. The minimum atomic E-state index is -1.55. The van der Waals surface area contributed by atoms with E-state index in [0.29, 0.717) is 5.69 Å². The van der Waals surface area contributed by atoms with Gasteiger partial charge < -0.3 is 15.4 Å². The van der Waals surface area contributed by atoms with Crippen molar-refractivity contribution in [3.05, 3.63) is 57.4 Å². The number of hydrogen-bond acceptors (Lipinski definition) is 4. The number of carbonyl (C=O) groups is 3. The fourth-order valence-corrected chi connectivity index (χ4v) is 3.61. The molecule has 3 N–H and O–H groups in total. The molecule has 2 atom stereocenters. The summed E-state index contributed by atoms with van der Waals surface area (Å²) in [4.78, 5) is 36.9. The predicted molar refractivity (Wildman–Crippen MR) is 102 cm³/mol. The van der Waals surface area contributed by atoms with Gasteiger partial charge >= 0.3 is 6.03 Å². The molecule has 1 spiro atoms. The molecule has 0 saturated carbocycles. The van der Waals surface area contributed by atoms with Crippen LogP contribution in [0.5, 0.6) is 5.75 Å². The van der Waals surface area contributed by atoms with Crippen molar-refractivity contribution in [1.29, 1.82) is 0 Å². The largest absolute Gasteiger partial charge is 0.480 e. The van der Waals surface area contributed by atoms with Crippen LogP contribution in [0.15, 0.2) is 42.5 Å². The Hall–Kier alpha value is -2.69. The molecular formula is C18H13FIN3O4. The fourth-order valence-electron chi connectivity index (χ4n) is 3.25. The van der Waals surface area contributed by atoms with E-state index in [4.69, 9.17) is 4.74 Å². The Morgan fingerprint density at radius 1 is 1.22 bits per heavy atom. The average molecular weight is 481 g/mol. The maximum absolute atomic E-state index is 13.8. The van der Waals surface area contributed by atoms with E-state index in [0.717, 1.165) is 9.64 Å². The number of nitrogens with one attached hydrogen (secondary N) is 3. The highest BCUT2D eigenvalue weighted by Crippen LogP contribution is 2.41. The highest BCUT2D eigenvalue weighted by atomic mass is 127. The molecule has 2 aliphatic heterocycles. The summed E-state index contributed by atoms with van der Waals surface area (Å²) in [6.45, 7) is 0. The monoisotopic (exact) mass is 481 g/mol. The molecule has 138 valence electrons. The summed E-state index contributed by atoms with van der Waals surface area (Å²) in [5, 5.41) is 7.41. The van der Waals surface area contributed by atoms with E-state index >= 15 is 0 Å². The zero-order valence-electron chi connectivity index (χ0n) is 13.7. The Morgan fingerprint density at radius 2 is 1.96 bits per heavy atom. The summed E-state index contributed by atoms with van der Waals surface area (Å²) < 4.78 is 20.5. The van der Waals surface area contributed by atoms with Crippen molar-refractivity contribution in [2.24, 2.45) is 0 Å². The molecule has 27 heavy (non-hydrogen) atoms. The number of benzene rings is 2. The molecule has 2 aromatic carbocycles. The number of hydrogen-bond donors (Lipinski definition) is 3. The van der Waals surface area contributed by atoms with Crippen molar-refractivity contribution in [3.63, 3.8) is 0 Å². The number of urea groups is 1. The van der Waals surface area contributed by atoms with Gasteiger partial charge in [-0.2, -0.15) is 0 Å². The minimum absolute atomic E-state index is 0.156. The van der Waals surface area contributed by atoms with Gasteiger partial charge in [0, 0.05) is 21.2 Å². The number of rotatable bonds is 2. The molecule has 2 unspecified atom stereocenters. The molecule has 0 aromatic heterocycles.